The number of hydrogen-bond acceptors (Lipinski definition) is 4. The van der Waals surface area contributed by atoms with Gasteiger partial charge in [-0.2, -0.15) is 5.10 Å². The average Bonchev–Trinajstić information content (AvgIpc) is 3.20. The maximum absolute atomic E-state index is 12.1. The summed E-state index contributed by atoms with van der Waals surface area (Å²) in [7, 11) is 0. The highest BCUT2D eigenvalue weighted by Gasteiger charge is 2.27. The molecule has 0 radical (unpaired) electrons. The standard InChI is InChI=1S/C27H31ClN2O3/c1-26(2,3)18-27(4,5)20-9-11-22(12-10-20)32-17-25(31)30-29-16-23-13-14-24(33-23)19-7-6-8-21(28)15-19/h6-16H,17-18H2,1-5H3,(H,30,31)/b29-16-. The van der Waals surface area contributed by atoms with E-state index in [0.717, 1.165) is 12.0 Å². The SMILES string of the molecule is CC(C)(C)CC(C)(C)c1ccc(OCC(=O)N/N=C\c2ccc(-c3cccc(Cl)c3)o2)cc1. The van der Waals surface area contributed by atoms with Crippen molar-refractivity contribution in [2.75, 3.05) is 6.61 Å². The van der Waals surface area contributed by atoms with Crippen LogP contribution >= 0.6 is 11.6 Å². The van der Waals surface area contributed by atoms with Crippen molar-refractivity contribution in [3.63, 3.8) is 0 Å². The maximum atomic E-state index is 12.1. The Hall–Kier alpha value is -3.05. The lowest BCUT2D eigenvalue weighted by atomic mass is 9.72. The zero-order valence-electron chi connectivity index (χ0n) is 19.8. The number of nitrogens with zero attached hydrogens (tertiary/aromatic N) is 1. The number of ether oxygens (including phenoxy) is 1. The van der Waals surface area contributed by atoms with Gasteiger partial charge in [0.1, 0.15) is 17.3 Å². The van der Waals surface area contributed by atoms with E-state index in [4.69, 9.17) is 20.8 Å². The predicted octanol–water partition coefficient (Wildman–Crippen LogP) is 6.84. The fraction of sp³-hybridized carbons (Fsp3) is 0.333. The van der Waals surface area contributed by atoms with Crippen LogP contribution < -0.4 is 10.2 Å². The number of carbonyl (C=O) groups excluding carboxylic acids is 1. The van der Waals surface area contributed by atoms with E-state index in [9.17, 15) is 4.79 Å². The number of halogens is 1. The van der Waals surface area contributed by atoms with Crippen molar-refractivity contribution >= 4 is 23.7 Å². The number of benzene rings is 2. The summed E-state index contributed by atoms with van der Waals surface area (Å²) in [6.45, 7) is 11.1. The van der Waals surface area contributed by atoms with Gasteiger partial charge in [0.05, 0.1) is 6.21 Å². The average molecular weight is 467 g/mol. The Labute approximate surface area is 200 Å². The Morgan fingerprint density at radius 2 is 1.79 bits per heavy atom. The Morgan fingerprint density at radius 1 is 1.06 bits per heavy atom. The molecule has 1 amide bonds. The second-order valence-electron chi connectivity index (χ2n) is 9.94. The van der Waals surface area contributed by atoms with Crippen LogP contribution in [-0.4, -0.2) is 18.7 Å². The highest BCUT2D eigenvalue weighted by molar-refractivity contribution is 6.30. The van der Waals surface area contributed by atoms with Crippen molar-refractivity contribution in [3.05, 3.63) is 77.0 Å². The van der Waals surface area contributed by atoms with E-state index in [2.05, 4.69) is 57.3 Å². The molecular formula is C27H31ClN2O3. The summed E-state index contributed by atoms with van der Waals surface area (Å²) in [6.07, 6.45) is 2.51. The van der Waals surface area contributed by atoms with Crippen LogP contribution in [0.4, 0.5) is 0 Å². The van der Waals surface area contributed by atoms with Crippen LogP contribution in [0.5, 0.6) is 5.75 Å². The van der Waals surface area contributed by atoms with Crippen molar-refractivity contribution in [1.82, 2.24) is 5.43 Å². The van der Waals surface area contributed by atoms with Gasteiger partial charge in [-0.3, -0.25) is 4.79 Å². The third-order valence-electron chi connectivity index (χ3n) is 5.09. The minimum Gasteiger partial charge on any atom is -0.484 e. The number of nitrogens with one attached hydrogen (secondary N) is 1. The lowest BCUT2D eigenvalue weighted by Gasteiger charge is -2.33. The van der Waals surface area contributed by atoms with Gasteiger partial charge in [-0.25, -0.2) is 5.43 Å². The maximum Gasteiger partial charge on any atom is 0.277 e. The zero-order chi connectivity index (χ0) is 24.1. The number of hydrazone groups is 1. The quantitative estimate of drug-likeness (QED) is 0.292. The Morgan fingerprint density at radius 3 is 2.45 bits per heavy atom. The molecule has 0 spiro atoms. The summed E-state index contributed by atoms with van der Waals surface area (Å²) in [4.78, 5) is 12.1. The van der Waals surface area contributed by atoms with Crippen molar-refractivity contribution in [1.29, 1.82) is 0 Å². The van der Waals surface area contributed by atoms with E-state index in [-0.39, 0.29) is 23.3 Å². The van der Waals surface area contributed by atoms with E-state index < -0.39 is 0 Å². The molecule has 0 aliphatic carbocycles. The molecule has 2 aromatic carbocycles. The second kappa shape index (κ2) is 10.3. The van der Waals surface area contributed by atoms with Crippen molar-refractivity contribution < 1.29 is 13.9 Å². The fourth-order valence-electron chi connectivity index (χ4n) is 4.00. The minimum absolute atomic E-state index is 0.0569. The molecule has 6 heteroatoms. The number of rotatable bonds is 8. The molecule has 0 unspecified atom stereocenters. The van der Waals surface area contributed by atoms with Gasteiger partial charge in [0.2, 0.25) is 0 Å². The molecule has 3 aromatic rings. The van der Waals surface area contributed by atoms with Crippen LogP contribution in [0.1, 0.15) is 52.4 Å². The third kappa shape index (κ3) is 7.50. The molecule has 5 nitrogen and oxygen atoms in total. The topological polar surface area (TPSA) is 63.8 Å². The zero-order valence-corrected chi connectivity index (χ0v) is 20.6. The first-order valence-electron chi connectivity index (χ1n) is 10.9. The van der Waals surface area contributed by atoms with Gasteiger partial charge in [-0.15, -0.1) is 0 Å². The molecule has 33 heavy (non-hydrogen) atoms. The number of carbonyl (C=O) groups is 1. The van der Waals surface area contributed by atoms with E-state index >= 15 is 0 Å². The van der Waals surface area contributed by atoms with E-state index in [1.54, 1.807) is 12.1 Å². The molecule has 0 atom stereocenters. The summed E-state index contributed by atoms with van der Waals surface area (Å²) in [5.41, 5.74) is 4.85. The van der Waals surface area contributed by atoms with Crippen molar-refractivity contribution in [2.45, 2.75) is 46.5 Å². The van der Waals surface area contributed by atoms with Gasteiger partial charge in [-0.05, 0) is 59.2 Å². The van der Waals surface area contributed by atoms with Gasteiger partial charge in [0.25, 0.3) is 5.91 Å². The molecule has 0 saturated heterocycles. The molecular weight excluding hydrogens is 436 g/mol. The van der Waals surface area contributed by atoms with Gasteiger partial charge in [-0.1, -0.05) is 70.5 Å². The molecule has 1 heterocycles. The summed E-state index contributed by atoms with van der Waals surface area (Å²) in [5, 5.41) is 4.57. The summed E-state index contributed by atoms with van der Waals surface area (Å²) < 4.78 is 11.3. The van der Waals surface area contributed by atoms with Crippen LogP contribution in [-0.2, 0) is 10.2 Å². The monoisotopic (exact) mass is 466 g/mol. The highest BCUT2D eigenvalue weighted by atomic mass is 35.5. The first-order chi connectivity index (χ1) is 15.5. The van der Waals surface area contributed by atoms with Gasteiger partial charge in [0, 0.05) is 10.6 Å². The summed E-state index contributed by atoms with van der Waals surface area (Å²) in [5.74, 6) is 1.47. The van der Waals surface area contributed by atoms with Crippen molar-refractivity contribution in [3.8, 4) is 17.1 Å². The van der Waals surface area contributed by atoms with Gasteiger partial charge >= 0.3 is 0 Å². The van der Waals surface area contributed by atoms with Crippen LogP contribution in [0, 0.1) is 5.41 Å². The predicted molar refractivity (Wildman–Crippen MR) is 134 cm³/mol. The Bertz CT molecular complexity index is 1110. The summed E-state index contributed by atoms with van der Waals surface area (Å²) >= 11 is 6.02. The number of hydrogen-bond donors (Lipinski definition) is 1. The van der Waals surface area contributed by atoms with E-state index in [1.165, 1.54) is 11.8 Å². The second-order valence-corrected chi connectivity index (χ2v) is 10.4. The first kappa shape index (κ1) is 24.6. The first-order valence-corrected chi connectivity index (χ1v) is 11.3. The lowest BCUT2D eigenvalue weighted by molar-refractivity contribution is -0.123. The largest absolute Gasteiger partial charge is 0.484 e. The minimum atomic E-state index is -0.356. The molecule has 3 rings (SSSR count). The molecule has 0 fully saturated rings. The van der Waals surface area contributed by atoms with Gasteiger partial charge in [0.15, 0.2) is 6.61 Å². The number of furan rings is 1. The molecule has 1 N–H and O–H groups in total. The highest BCUT2D eigenvalue weighted by Crippen LogP contribution is 2.36. The van der Waals surface area contributed by atoms with Crippen molar-refractivity contribution in [2.24, 2.45) is 10.5 Å². The molecule has 0 aliphatic heterocycles. The summed E-state index contributed by atoms with van der Waals surface area (Å²) in [6, 6.07) is 18.9. The van der Waals surface area contributed by atoms with Crippen LogP contribution in [0.15, 0.2) is 70.2 Å². The third-order valence-corrected chi connectivity index (χ3v) is 5.33. The van der Waals surface area contributed by atoms with Gasteiger partial charge < -0.3 is 9.15 Å². The molecule has 174 valence electrons. The Balaban J connectivity index is 1.48. The van der Waals surface area contributed by atoms with E-state index in [1.807, 2.05) is 36.4 Å². The van der Waals surface area contributed by atoms with Crippen LogP contribution in [0.2, 0.25) is 5.02 Å². The smallest absolute Gasteiger partial charge is 0.277 e. The lowest BCUT2D eigenvalue weighted by Crippen LogP contribution is -2.25. The van der Waals surface area contributed by atoms with Crippen LogP contribution in [0.3, 0.4) is 0 Å². The molecule has 0 bridgehead atoms. The molecule has 0 saturated carbocycles. The fourth-order valence-corrected chi connectivity index (χ4v) is 4.19. The molecule has 1 aromatic heterocycles. The van der Waals surface area contributed by atoms with Crippen LogP contribution in [0.25, 0.3) is 11.3 Å². The Kier molecular flexibility index (Phi) is 7.65. The normalized spacial score (nSPS) is 12.2. The molecule has 0 aliphatic rings. The number of amides is 1. The van der Waals surface area contributed by atoms with E-state index in [0.29, 0.717) is 22.3 Å².